The van der Waals surface area contributed by atoms with Crippen LogP contribution in [0.2, 0.25) is 0 Å². The minimum atomic E-state index is -0.957. The van der Waals surface area contributed by atoms with Gasteiger partial charge in [-0.2, -0.15) is 0 Å². The van der Waals surface area contributed by atoms with Crippen molar-refractivity contribution in [2.24, 2.45) is 17.1 Å². The summed E-state index contributed by atoms with van der Waals surface area (Å²) >= 11 is 0. The van der Waals surface area contributed by atoms with Gasteiger partial charge in [0.1, 0.15) is 5.75 Å². The predicted octanol–water partition coefficient (Wildman–Crippen LogP) is 2.23. The second-order valence-corrected chi connectivity index (χ2v) is 5.31. The zero-order chi connectivity index (χ0) is 14.6. The van der Waals surface area contributed by atoms with Crippen LogP contribution in [0.4, 0.5) is 0 Å². The highest BCUT2D eigenvalue weighted by atomic mass is 16.5. The maximum absolute atomic E-state index is 11.7. The third-order valence-electron chi connectivity index (χ3n) is 3.84. The van der Waals surface area contributed by atoms with Gasteiger partial charge in [-0.1, -0.05) is 31.5 Å². The Morgan fingerprint density at radius 3 is 2.53 bits per heavy atom. The van der Waals surface area contributed by atoms with Crippen molar-refractivity contribution in [3.8, 4) is 5.75 Å². The van der Waals surface area contributed by atoms with E-state index in [4.69, 9.17) is 10.5 Å². The lowest BCUT2D eigenvalue weighted by molar-refractivity contribution is -0.151. The molecule has 1 atom stereocenters. The van der Waals surface area contributed by atoms with Crippen LogP contribution in [0.25, 0.3) is 0 Å². The zero-order valence-corrected chi connectivity index (χ0v) is 12.1. The average molecular weight is 265 g/mol. The van der Waals surface area contributed by atoms with Gasteiger partial charge < -0.3 is 15.6 Å². The van der Waals surface area contributed by atoms with Crippen molar-refractivity contribution in [3.63, 3.8) is 0 Å². The van der Waals surface area contributed by atoms with Gasteiger partial charge in [0.2, 0.25) is 0 Å². The molecule has 0 saturated heterocycles. The van der Waals surface area contributed by atoms with Gasteiger partial charge in [-0.25, -0.2) is 0 Å². The average Bonchev–Trinajstić information content (AvgIpc) is 2.35. The topological polar surface area (TPSA) is 72.5 Å². The second kappa shape index (κ2) is 6.06. The molecule has 1 unspecified atom stereocenters. The minimum Gasteiger partial charge on any atom is -0.496 e. The number of ether oxygens (including phenoxy) is 1. The lowest BCUT2D eigenvalue weighted by Crippen LogP contribution is -2.45. The normalized spacial score (nSPS) is 14.2. The van der Waals surface area contributed by atoms with E-state index < -0.39 is 11.4 Å². The summed E-state index contributed by atoms with van der Waals surface area (Å²) in [6.45, 7) is 5.87. The number of aliphatic carboxylic acids is 1. The zero-order valence-electron chi connectivity index (χ0n) is 12.1. The van der Waals surface area contributed by atoms with Crippen LogP contribution in [0.15, 0.2) is 18.2 Å². The van der Waals surface area contributed by atoms with Crippen LogP contribution < -0.4 is 10.5 Å². The molecule has 0 bridgehead atoms. The Hall–Kier alpha value is -1.55. The number of carbonyl (C=O) groups is 1. The Bertz CT molecular complexity index is 457. The van der Waals surface area contributed by atoms with E-state index in [1.54, 1.807) is 7.11 Å². The first-order valence-electron chi connectivity index (χ1n) is 6.44. The van der Waals surface area contributed by atoms with E-state index in [0.29, 0.717) is 12.2 Å². The maximum atomic E-state index is 11.7. The van der Waals surface area contributed by atoms with E-state index in [1.165, 1.54) is 0 Å². The molecule has 0 heterocycles. The molecule has 0 amide bonds. The summed E-state index contributed by atoms with van der Waals surface area (Å²) in [6, 6.07) is 5.78. The standard InChI is InChI=1S/C15H23NO3/c1-10(2)15(9-16,14(17)18)8-12-7-11(3)5-6-13(12)19-4/h5-7,10H,8-9,16H2,1-4H3,(H,17,18). The van der Waals surface area contributed by atoms with Crippen molar-refractivity contribution in [1.82, 2.24) is 0 Å². The molecule has 0 aliphatic heterocycles. The second-order valence-electron chi connectivity index (χ2n) is 5.31. The molecular formula is C15H23NO3. The Kier molecular flexibility index (Phi) is 4.95. The Morgan fingerprint density at radius 1 is 1.47 bits per heavy atom. The number of nitrogens with two attached hydrogens (primary N) is 1. The molecule has 19 heavy (non-hydrogen) atoms. The molecule has 0 aromatic heterocycles. The quantitative estimate of drug-likeness (QED) is 0.827. The van der Waals surface area contributed by atoms with Gasteiger partial charge in [0.25, 0.3) is 0 Å². The number of hydrogen-bond acceptors (Lipinski definition) is 3. The Labute approximate surface area is 114 Å². The lowest BCUT2D eigenvalue weighted by atomic mass is 9.72. The summed E-state index contributed by atoms with van der Waals surface area (Å²) in [5, 5.41) is 9.57. The number of aryl methyl sites for hydroxylation is 1. The molecule has 4 heteroatoms. The molecule has 0 radical (unpaired) electrons. The fraction of sp³-hybridized carbons (Fsp3) is 0.533. The van der Waals surface area contributed by atoms with E-state index in [9.17, 15) is 9.90 Å². The third-order valence-corrected chi connectivity index (χ3v) is 3.84. The first-order chi connectivity index (χ1) is 8.87. The van der Waals surface area contributed by atoms with Crippen LogP contribution >= 0.6 is 0 Å². The van der Waals surface area contributed by atoms with Crippen LogP contribution in [-0.4, -0.2) is 24.7 Å². The summed E-state index contributed by atoms with van der Waals surface area (Å²) < 4.78 is 5.32. The van der Waals surface area contributed by atoms with Gasteiger partial charge in [0.15, 0.2) is 0 Å². The van der Waals surface area contributed by atoms with Crippen molar-refractivity contribution in [2.45, 2.75) is 27.2 Å². The first-order valence-corrected chi connectivity index (χ1v) is 6.44. The van der Waals surface area contributed by atoms with Gasteiger partial charge in [-0.3, -0.25) is 4.79 Å². The first kappa shape index (κ1) is 15.5. The molecule has 106 valence electrons. The van der Waals surface area contributed by atoms with Crippen molar-refractivity contribution in [3.05, 3.63) is 29.3 Å². The molecule has 0 aliphatic rings. The number of rotatable bonds is 6. The van der Waals surface area contributed by atoms with Crippen LogP contribution in [0, 0.1) is 18.3 Å². The van der Waals surface area contributed by atoms with Crippen LogP contribution in [0.1, 0.15) is 25.0 Å². The third kappa shape index (κ3) is 3.07. The molecule has 1 aromatic carbocycles. The van der Waals surface area contributed by atoms with E-state index in [-0.39, 0.29) is 12.5 Å². The summed E-state index contributed by atoms with van der Waals surface area (Å²) in [5.41, 5.74) is 6.78. The van der Waals surface area contributed by atoms with E-state index >= 15 is 0 Å². The van der Waals surface area contributed by atoms with Crippen molar-refractivity contribution in [1.29, 1.82) is 0 Å². The van der Waals surface area contributed by atoms with E-state index in [1.807, 2.05) is 39.0 Å². The Morgan fingerprint density at radius 2 is 2.11 bits per heavy atom. The Balaban J connectivity index is 3.23. The number of benzene rings is 1. The van der Waals surface area contributed by atoms with Crippen LogP contribution in [-0.2, 0) is 11.2 Å². The number of carboxylic acids is 1. The molecule has 0 saturated carbocycles. The summed E-state index contributed by atoms with van der Waals surface area (Å²) in [7, 11) is 1.59. The fourth-order valence-corrected chi connectivity index (χ4v) is 2.31. The molecular weight excluding hydrogens is 242 g/mol. The summed E-state index contributed by atoms with van der Waals surface area (Å²) in [5.74, 6) is -0.195. The molecule has 0 aliphatic carbocycles. The van der Waals surface area contributed by atoms with E-state index in [0.717, 1.165) is 11.1 Å². The van der Waals surface area contributed by atoms with Gasteiger partial charge in [0, 0.05) is 6.54 Å². The SMILES string of the molecule is COc1ccc(C)cc1CC(CN)(C(=O)O)C(C)C. The minimum absolute atomic E-state index is 0.0554. The van der Waals surface area contributed by atoms with Gasteiger partial charge in [0.05, 0.1) is 12.5 Å². The number of hydrogen-bond donors (Lipinski definition) is 2. The summed E-state index contributed by atoms with van der Waals surface area (Å²) in [4.78, 5) is 11.7. The monoisotopic (exact) mass is 265 g/mol. The lowest BCUT2D eigenvalue weighted by Gasteiger charge is -2.32. The maximum Gasteiger partial charge on any atom is 0.311 e. The fourth-order valence-electron chi connectivity index (χ4n) is 2.31. The summed E-state index contributed by atoms with van der Waals surface area (Å²) in [6.07, 6.45) is 0.376. The van der Waals surface area contributed by atoms with E-state index in [2.05, 4.69) is 0 Å². The van der Waals surface area contributed by atoms with Crippen LogP contribution in [0.3, 0.4) is 0 Å². The molecule has 4 nitrogen and oxygen atoms in total. The number of methoxy groups -OCH3 is 1. The highest BCUT2D eigenvalue weighted by Crippen LogP contribution is 2.34. The molecule has 1 rings (SSSR count). The van der Waals surface area contributed by atoms with Crippen molar-refractivity contribution < 1.29 is 14.6 Å². The van der Waals surface area contributed by atoms with Crippen molar-refractivity contribution in [2.75, 3.05) is 13.7 Å². The van der Waals surface area contributed by atoms with Crippen molar-refractivity contribution >= 4 is 5.97 Å². The molecule has 3 N–H and O–H groups in total. The highest BCUT2D eigenvalue weighted by molar-refractivity contribution is 5.76. The predicted molar refractivity (Wildman–Crippen MR) is 75.4 cm³/mol. The highest BCUT2D eigenvalue weighted by Gasteiger charge is 2.41. The van der Waals surface area contributed by atoms with Gasteiger partial charge in [-0.05, 0) is 30.9 Å². The van der Waals surface area contributed by atoms with Gasteiger partial charge in [-0.15, -0.1) is 0 Å². The number of carboxylic acid groups (broad SMARTS) is 1. The smallest absolute Gasteiger partial charge is 0.311 e. The van der Waals surface area contributed by atoms with Crippen LogP contribution in [0.5, 0.6) is 5.75 Å². The molecule has 0 fully saturated rings. The molecule has 0 spiro atoms. The van der Waals surface area contributed by atoms with Gasteiger partial charge >= 0.3 is 5.97 Å². The molecule has 1 aromatic rings. The largest absolute Gasteiger partial charge is 0.496 e.